The average molecular weight is 968 g/mol. The first-order valence-electron chi connectivity index (χ1n) is 26.9. The van der Waals surface area contributed by atoms with Crippen molar-refractivity contribution in [2.45, 2.75) is 267 Å². The molecule has 0 saturated carbocycles. The van der Waals surface area contributed by atoms with Crippen molar-refractivity contribution in [3.8, 4) is 0 Å². The summed E-state index contributed by atoms with van der Waals surface area (Å²) in [5.74, 6) is -0.267. The van der Waals surface area contributed by atoms with Crippen LogP contribution in [0.3, 0.4) is 0 Å². The summed E-state index contributed by atoms with van der Waals surface area (Å²) < 4.78 is 22.6. The number of aliphatic hydroxyl groups is 8. The zero-order valence-electron chi connectivity index (χ0n) is 42.1. The number of carbonyl (C=O) groups excluding carboxylic acids is 1. The number of hydrogen-bond donors (Lipinski definition) is 9. The number of nitrogens with one attached hydrogen (secondary N) is 1. The molecule has 12 unspecified atom stereocenters. The van der Waals surface area contributed by atoms with Crippen LogP contribution in [0.15, 0.2) is 48.6 Å². The molecule has 14 heteroatoms. The first-order valence-corrected chi connectivity index (χ1v) is 26.9. The Morgan fingerprint density at radius 2 is 0.971 bits per heavy atom. The minimum absolute atomic E-state index is 0.258. The monoisotopic (exact) mass is 968 g/mol. The highest BCUT2D eigenvalue weighted by molar-refractivity contribution is 5.76. The Hall–Kier alpha value is -2.05. The minimum Gasteiger partial charge on any atom is -0.394 e. The quantitative estimate of drug-likeness (QED) is 0.0212. The predicted molar refractivity (Wildman–Crippen MR) is 267 cm³/mol. The van der Waals surface area contributed by atoms with Crippen LogP contribution in [-0.4, -0.2) is 140 Å². The van der Waals surface area contributed by atoms with Crippen LogP contribution in [0.1, 0.15) is 194 Å². The molecule has 2 aliphatic heterocycles. The molecule has 9 N–H and O–H groups in total. The van der Waals surface area contributed by atoms with Gasteiger partial charge >= 0.3 is 0 Å². The van der Waals surface area contributed by atoms with Gasteiger partial charge in [-0.3, -0.25) is 4.79 Å². The van der Waals surface area contributed by atoms with Crippen molar-refractivity contribution >= 4 is 5.91 Å². The Kier molecular flexibility index (Phi) is 37.0. The van der Waals surface area contributed by atoms with Crippen LogP contribution in [-0.2, 0) is 23.7 Å². The molecule has 2 aliphatic rings. The standard InChI is InChI=1S/C54H97NO13/c1-3-5-7-9-11-13-15-16-17-18-19-20-21-22-23-24-25-26-27-28-29-31-33-35-37-43(58)42(55-46(59)38-36-34-32-30-14-12-10-8-6-4-2)41-65-53-51(64)49(62)52(45(40-57)67-53)68-54-50(63)48(61)47(60)44(39-56)66-54/h8,10,24-25,28-29,35,37,42-45,47-54,56-58,60-64H,3-7,9,11-23,26-27,30-34,36,38-41H2,1-2H3,(H,55,59)/b10-8-,25-24+,29-28+,37-35+. The maximum Gasteiger partial charge on any atom is 0.220 e. The van der Waals surface area contributed by atoms with Crippen LogP contribution < -0.4 is 5.32 Å². The lowest BCUT2D eigenvalue weighted by Crippen LogP contribution is -2.65. The Balaban J connectivity index is 1.80. The van der Waals surface area contributed by atoms with Gasteiger partial charge in [0.2, 0.25) is 5.91 Å². The number of unbranched alkanes of at least 4 members (excludes halogenated alkanes) is 22. The summed E-state index contributed by atoms with van der Waals surface area (Å²) in [5, 5.41) is 86.7. The molecule has 12 atom stereocenters. The van der Waals surface area contributed by atoms with Crippen molar-refractivity contribution < 1.29 is 64.6 Å². The second-order valence-electron chi connectivity index (χ2n) is 19.0. The molecule has 0 bridgehead atoms. The summed E-state index contributed by atoms with van der Waals surface area (Å²) in [6, 6.07) is -0.941. The first kappa shape index (κ1) is 62.1. The van der Waals surface area contributed by atoms with Crippen LogP contribution >= 0.6 is 0 Å². The predicted octanol–water partition coefficient (Wildman–Crippen LogP) is 7.66. The van der Waals surface area contributed by atoms with E-state index in [1.807, 2.05) is 6.08 Å². The van der Waals surface area contributed by atoms with Gasteiger partial charge in [0.25, 0.3) is 0 Å². The molecule has 0 spiro atoms. The number of amides is 1. The lowest BCUT2D eigenvalue weighted by molar-refractivity contribution is -0.359. The molecule has 2 fully saturated rings. The largest absolute Gasteiger partial charge is 0.394 e. The molecule has 396 valence electrons. The van der Waals surface area contributed by atoms with Gasteiger partial charge in [0.05, 0.1) is 32.0 Å². The van der Waals surface area contributed by atoms with Gasteiger partial charge < -0.3 is 65.1 Å². The number of ether oxygens (including phenoxy) is 4. The van der Waals surface area contributed by atoms with E-state index < -0.39 is 86.8 Å². The molecule has 0 aliphatic carbocycles. The second-order valence-corrected chi connectivity index (χ2v) is 19.0. The molecule has 2 saturated heterocycles. The fourth-order valence-corrected chi connectivity index (χ4v) is 8.56. The van der Waals surface area contributed by atoms with Crippen molar-refractivity contribution in [3.05, 3.63) is 48.6 Å². The number of hydrogen-bond acceptors (Lipinski definition) is 13. The summed E-state index contributed by atoms with van der Waals surface area (Å²) >= 11 is 0. The van der Waals surface area contributed by atoms with E-state index in [0.717, 1.165) is 70.6 Å². The van der Waals surface area contributed by atoms with E-state index in [1.165, 1.54) is 89.9 Å². The lowest BCUT2D eigenvalue weighted by atomic mass is 9.97. The van der Waals surface area contributed by atoms with Crippen molar-refractivity contribution in [1.29, 1.82) is 0 Å². The topological polar surface area (TPSA) is 228 Å². The maximum atomic E-state index is 13.1. The van der Waals surface area contributed by atoms with Gasteiger partial charge in [-0.15, -0.1) is 0 Å². The van der Waals surface area contributed by atoms with Crippen LogP contribution in [0.5, 0.6) is 0 Å². The summed E-state index contributed by atoms with van der Waals surface area (Å²) in [6.07, 6.45) is 31.8. The highest BCUT2D eigenvalue weighted by Gasteiger charge is 2.51. The fraction of sp³-hybridized carbons (Fsp3) is 0.833. The highest BCUT2D eigenvalue weighted by Crippen LogP contribution is 2.30. The molecule has 68 heavy (non-hydrogen) atoms. The van der Waals surface area contributed by atoms with Crippen LogP contribution in [0.4, 0.5) is 0 Å². The third-order valence-corrected chi connectivity index (χ3v) is 12.9. The number of carbonyl (C=O) groups is 1. The van der Waals surface area contributed by atoms with E-state index in [1.54, 1.807) is 6.08 Å². The molecule has 2 rings (SSSR count). The molecule has 2 heterocycles. The van der Waals surface area contributed by atoms with E-state index >= 15 is 0 Å². The maximum absolute atomic E-state index is 13.1. The van der Waals surface area contributed by atoms with E-state index in [9.17, 15) is 45.6 Å². The Morgan fingerprint density at radius 3 is 1.50 bits per heavy atom. The third-order valence-electron chi connectivity index (χ3n) is 12.9. The summed E-state index contributed by atoms with van der Waals surface area (Å²) in [4.78, 5) is 13.1. The first-order chi connectivity index (χ1) is 33.1. The lowest BCUT2D eigenvalue weighted by Gasteiger charge is -2.46. The van der Waals surface area contributed by atoms with Crippen LogP contribution in [0.2, 0.25) is 0 Å². The number of rotatable bonds is 41. The van der Waals surface area contributed by atoms with Gasteiger partial charge in [-0.05, 0) is 64.2 Å². The van der Waals surface area contributed by atoms with Crippen LogP contribution in [0, 0.1) is 0 Å². The molecule has 0 radical (unpaired) electrons. The van der Waals surface area contributed by atoms with E-state index in [0.29, 0.717) is 12.8 Å². The molecule has 0 aromatic carbocycles. The van der Waals surface area contributed by atoms with E-state index in [4.69, 9.17) is 18.9 Å². The highest BCUT2D eigenvalue weighted by atomic mass is 16.7. The Bertz CT molecular complexity index is 1330. The average Bonchev–Trinajstić information content (AvgIpc) is 3.34. The summed E-state index contributed by atoms with van der Waals surface area (Å²) in [6.45, 7) is 2.68. The van der Waals surface area contributed by atoms with Gasteiger partial charge in [0.1, 0.15) is 48.8 Å². The minimum atomic E-state index is -1.79. The molecule has 1 amide bonds. The molecular formula is C54H97NO13. The third kappa shape index (κ3) is 27.0. The van der Waals surface area contributed by atoms with Crippen molar-refractivity contribution in [2.24, 2.45) is 0 Å². The number of allylic oxidation sites excluding steroid dienone is 7. The molecule has 0 aromatic rings. The van der Waals surface area contributed by atoms with Crippen molar-refractivity contribution in [2.75, 3.05) is 19.8 Å². The van der Waals surface area contributed by atoms with Gasteiger partial charge in [-0.25, -0.2) is 0 Å². The fourth-order valence-electron chi connectivity index (χ4n) is 8.56. The second kappa shape index (κ2) is 40.5. The van der Waals surface area contributed by atoms with Crippen LogP contribution in [0.25, 0.3) is 0 Å². The molecular weight excluding hydrogens is 871 g/mol. The zero-order chi connectivity index (χ0) is 49.6. The Morgan fingerprint density at radius 1 is 0.515 bits per heavy atom. The van der Waals surface area contributed by atoms with Gasteiger partial charge in [-0.1, -0.05) is 172 Å². The van der Waals surface area contributed by atoms with Gasteiger partial charge in [-0.2, -0.15) is 0 Å². The van der Waals surface area contributed by atoms with E-state index in [2.05, 4.69) is 55.6 Å². The molecule has 14 nitrogen and oxygen atoms in total. The summed E-state index contributed by atoms with van der Waals surface area (Å²) in [7, 11) is 0. The summed E-state index contributed by atoms with van der Waals surface area (Å²) in [5.41, 5.74) is 0. The SMILES string of the molecule is CCC/C=C\CCCCCCCC(=O)NC(COC1OC(CO)C(OC2OC(CO)C(O)C(O)C2O)C(O)C1O)C(O)/C=C/CC/C=C/CC/C=C/CCCCCCCCCCCCCCCC. The van der Waals surface area contributed by atoms with Gasteiger partial charge in [0, 0.05) is 6.42 Å². The van der Waals surface area contributed by atoms with E-state index in [-0.39, 0.29) is 18.9 Å². The molecule has 0 aromatic heterocycles. The Labute approximate surface area is 410 Å². The smallest absolute Gasteiger partial charge is 0.220 e. The van der Waals surface area contributed by atoms with Crippen molar-refractivity contribution in [1.82, 2.24) is 5.32 Å². The van der Waals surface area contributed by atoms with Crippen molar-refractivity contribution in [3.63, 3.8) is 0 Å². The number of aliphatic hydroxyl groups excluding tert-OH is 8. The normalized spacial score (nSPS) is 26.7. The zero-order valence-corrected chi connectivity index (χ0v) is 42.1. The van der Waals surface area contributed by atoms with Gasteiger partial charge in [0.15, 0.2) is 12.6 Å².